The average molecular weight is 332 g/mol. The Bertz CT molecular complexity index is 451. The molecule has 0 aromatic heterocycles. The molecule has 1 saturated carbocycles. The van der Waals surface area contributed by atoms with Crippen molar-refractivity contribution in [2.24, 2.45) is 11.8 Å². The highest BCUT2D eigenvalue weighted by Crippen LogP contribution is 2.46. The first-order chi connectivity index (χ1) is 10.8. The fraction of sp³-hybridized carbons (Fsp3) is 0.867. The molecule has 0 aromatic rings. The van der Waals surface area contributed by atoms with Gasteiger partial charge in [0.05, 0.1) is 24.4 Å². The van der Waals surface area contributed by atoms with Crippen LogP contribution in [0.5, 0.6) is 0 Å². The Morgan fingerprint density at radius 1 is 1.17 bits per heavy atom. The molecule has 0 bridgehead atoms. The molecule has 3 aliphatic rings. The summed E-state index contributed by atoms with van der Waals surface area (Å²) < 4.78 is 16.4. The Balaban J connectivity index is 1.74. The second-order valence-electron chi connectivity index (χ2n) is 6.75. The molecule has 0 amide bonds. The summed E-state index contributed by atoms with van der Waals surface area (Å²) in [6, 6.07) is 0. The third-order valence-corrected chi connectivity index (χ3v) is 5.11. The predicted octanol–water partition coefficient (Wildman–Crippen LogP) is -1.55. The lowest BCUT2D eigenvalue weighted by Gasteiger charge is -2.43. The van der Waals surface area contributed by atoms with E-state index in [1.807, 2.05) is 6.08 Å². The second-order valence-corrected chi connectivity index (χ2v) is 6.75. The van der Waals surface area contributed by atoms with Crippen LogP contribution in [0.1, 0.15) is 19.8 Å². The molecule has 23 heavy (non-hydrogen) atoms. The molecular weight excluding hydrogens is 308 g/mol. The molecule has 0 aromatic carbocycles. The van der Waals surface area contributed by atoms with Gasteiger partial charge < -0.3 is 39.7 Å². The first-order valence-corrected chi connectivity index (χ1v) is 7.85. The summed E-state index contributed by atoms with van der Waals surface area (Å²) in [7, 11) is 0. The predicted molar refractivity (Wildman–Crippen MR) is 75.7 cm³/mol. The normalized spacial score (nSPS) is 53.0. The molecule has 9 atom stereocenters. The van der Waals surface area contributed by atoms with Crippen LogP contribution >= 0.6 is 0 Å². The monoisotopic (exact) mass is 332 g/mol. The van der Waals surface area contributed by atoms with Crippen LogP contribution in [0.3, 0.4) is 0 Å². The van der Waals surface area contributed by atoms with Crippen LogP contribution < -0.4 is 0 Å². The van der Waals surface area contributed by atoms with Gasteiger partial charge in [-0.15, -0.1) is 0 Å². The summed E-state index contributed by atoms with van der Waals surface area (Å²) in [5, 5.41) is 49.4. The van der Waals surface area contributed by atoms with Gasteiger partial charge in [-0.05, 0) is 31.8 Å². The van der Waals surface area contributed by atoms with E-state index in [1.54, 1.807) is 6.92 Å². The highest BCUT2D eigenvalue weighted by atomic mass is 16.8. The number of ether oxygens (including phenoxy) is 3. The minimum absolute atomic E-state index is 0.0913. The minimum Gasteiger partial charge on any atom is -0.472 e. The Morgan fingerprint density at radius 2 is 1.91 bits per heavy atom. The van der Waals surface area contributed by atoms with Crippen LogP contribution in [0, 0.1) is 11.8 Å². The minimum atomic E-state index is -1.51. The van der Waals surface area contributed by atoms with Gasteiger partial charge >= 0.3 is 0 Å². The third kappa shape index (κ3) is 3.00. The molecule has 0 unspecified atom stereocenters. The molecule has 0 spiro atoms. The van der Waals surface area contributed by atoms with Crippen LogP contribution in [0.4, 0.5) is 0 Å². The molecular formula is C15H24O8. The van der Waals surface area contributed by atoms with Gasteiger partial charge in [-0.2, -0.15) is 0 Å². The topological polar surface area (TPSA) is 129 Å². The molecule has 2 aliphatic heterocycles. The molecule has 1 saturated heterocycles. The standard InChI is InChI=1S/C15H24O8/c1-15(20)4-2-7-3-5-21-13(9(7)15)23-14-12(19)11(18)10(17)8(6-16)22-14/h3,5,7-14,16-20H,2,4,6H2,1H3/t7-,8-,9-,10-,11+,12-,13+,14-,15+/m1/s1. The summed E-state index contributed by atoms with van der Waals surface area (Å²) >= 11 is 0. The number of fused-ring (bicyclic) bond motifs is 1. The van der Waals surface area contributed by atoms with Crippen molar-refractivity contribution >= 4 is 0 Å². The fourth-order valence-corrected chi connectivity index (χ4v) is 3.71. The Labute approximate surface area is 133 Å². The van der Waals surface area contributed by atoms with Crippen molar-refractivity contribution < 1.29 is 39.7 Å². The molecule has 0 radical (unpaired) electrons. The summed E-state index contributed by atoms with van der Waals surface area (Å²) in [6.45, 7) is 1.18. The van der Waals surface area contributed by atoms with Gasteiger partial charge in [0.15, 0.2) is 6.29 Å². The smallest absolute Gasteiger partial charge is 0.207 e. The maximum Gasteiger partial charge on any atom is 0.207 e. The number of hydrogen-bond donors (Lipinski definition) is 5. The van der Waals surface area contributed by atoms with Gasteiger partial charge in [0.25, 0.3) is 0 Å². The number of aliphatic hydroxyl groups is 5. The number of aliphatic hydroxyl groups excluding tert-OH is 4. The molecule has 2 fully saturated rings. The summed E-state index contributed by atoms with van der Waals surface area (Å²) in [6.07, 6.45) is -2.85. The van der Waals surface area contributed by atoms with Crippen molar-refractivity contribution in [2.75, 3.05) is 6.61 Å². The van der Waals surface area contributed by atoms with E-state index >= 15 is 0 Å². The number of rotatable bonds is 3. The van der Waals surface area contributed by atoms with Crippen molar-refractivity contribution in [1.29, 1.82) is 0 Å². The van der Waals surface area contributed by atoms with Crippen LogP contribution in [0.25, 0.3) is 0 Å². The summed E-state index contributed by atoms with van der Waals surface area (Å²) in [4.78, 5) is 0. The zero-order valence-corrected chi connectivity index (χ0v) is 12.9. The second kappa shape index (κ2) is 6.29. The maximum atomic E-state index is 10.5. The quantitative estimate of drug-likeness (QED) is 0.420. The Morgan fingerprint density at radius 3 is 2.61 bits per heavy atom. The highest BCUT2D eigenvalue weighted by molar-refractivity contribution is 5.06. The molecule has 132 valence electrons. The van der Waals surface area contributed by atoms with Crippen molar-refractivity contribution in [3.8, 4) is 0 Å². The van der Waals surface area contributed by atoms with E-state index in [1.165, 1.54) is 6.26 Å². The molecule has 8 heteroatoms. The number of hydrogen-bond acceptors (Lipinski definition) is 8. The largest absolute Gasteiger partial charge is 0.472 e. The van der Waals surface area contributed by atoms with E-state index in [0.29, 0.717) is 6.42 Å². The molecule has 1 aliphatic carbocycles. The highest BCUT2D eigenvalue weighted by Gasteiger charge is 2.52. The van der Waals surface area contributed by atoms with Gasteiger partial charge in [0, 0.05) is 0 Å². The van der Waals surface area contributed by atoms with Crippen LogP contribution in [0.2, 0.25) is 0 Å². The number of allylic oxidation sites excluding steroid dienone is 1. The van der Waals surface area contributed by atoms with Crippen molar-refractivity contribution in [3.63, 3.8) is 0 Å². The average Bonchev–Trinajstić information content (AvgIpc) is 2.84. The van der Waals surface area contributed by atoms with Gasteiger partial charge in [-0.3, -0.25) is 0 Å². The van der Waals surface area contributed by atoms with Gasteiger partial charge in [-0.1, -0.05) is 0 Å². The van der Waals surface area contributed by atoms with E-state index in [0.717, 1.165) is 6.42 Å². The zero-order chi connectivity index (χ0) is 16.8. The lowest BCUT2D eigenvalue weighted by Crippen LogP contribution is -2.60. The van der Waals surface area contributed by atoms with E-state index in [-0.39, 0.29) is 11.8 Å². The summed E-state index contributed by atoms with van der Waals surface area (Å²) in [5.74, 6) is -0.242. The van der Waals surface area contributed by atoms with Gasteiger partial charge in [0.2, 0.25) is 6.29 Å². The van der Waals surface area contributed by atoms with Crippen molar-refractivity contribution in [2.45, 2.75) is 62.4 Å². The first kappa shape index (κ1) is 17.1. The van der Waals surface area contributed by atoms with Crippen LogP contribution in [-0.4, -0.2) is 74.7 Å². The maximum absolute atomic E-state index is 10.5. The zero-order valence-electron chi connectivity index (χ0n) is 12.9. The lowest BCUT2D eigenvalue weighted by molar-refractivity contribution is -0.345. The third-order valence-electron chi connectivity index (χ3n) is 5.11. The Kier molecular flexibility index (Phi) is 4.67. The fourth-order valence-electron chi connectivity index (χ4n) is 3.71. The van der Waals surface area contributed by atoms with E-state index in [9.17, 15) is 25.5 Å². The van der Waals surface area contributed by atoms with Crippen molar-refractivity contribution in [1.82, 2.24) is 0 Å². The molecule has 8 nitrogen and oxygen atoms in total. The SMILES string of the molecule is C[C@]1(O)CC[C@@H]2C=CO[C@@H](O[C@H]3O[C@H](CO)[C@@H](O)[C@H](O)[C@H]3O)[C@@H]21. The van der Waals surface area contributed by atoms with E-state index in [2.05, 4.69) is 0 Å². The van der Waals surface area contributed by atoms with Gasteiger partial charge in [-0.25, -0.2) is 0 Å². The first-order valence-electron chi connectivity index (χ1n) is 7.85. The van der Waals surface area contributed by atoms with Gasteiger partial charge in [0.1, 0.15) is 24.4 Å². The van der Waals surface area contributed by atoms with Crippen molar-refractivity contribution in [3.05, 3.63) is 12.3 Å². The van der Waals surface area contributed by atoms with E-state index < -0.39 is 49.2 Å². The van der Waals surface area contributed by atoms with Crippen LogP contribution in [0.15, 0.2) is 12.3 Å². The Hall–Kier alpha value is -0.740. The molecule has 2 heterocycles. The summed E-state index contributed by atoms with van der Waals surface area (Å²) in [5.41, 5.74) is -0.978. The molecule has 3 rings (SSSR count). The van der Waals surface area contributed by atoms with E-state index in [4.69, 9.17) is 14.2 Å². The lowest BCUT2D eigenvalue weighted by atomic mass is 9.85. The molecule has 5 N–H and O–H groups in total. The van der Waals surface area contributed by atoms with Crippen LogP contribution in [-0.2, 0) is 14.2 Å².